The molecule has 0 bridgehead atoms. The standard InChI is InChI=1S/C12H19ClFN3O2S/c1-16(2)5-4-6-17(3)20(18,19)12-8-11(15)10(14)7-9(12)13/h7-8H,4-6,15H2,1-3H3. The van der Waals surface area contributed by atoms with Crippen molar-refractivity contribution in [3.8, 4) is 0 Å². The molecule has 114 valence electrons. The molecule has 0 radical (unpaired) electrons. The van der Waals surface area contributed by atoms with E-state index < -0.39 is 15.8 Å². The van der Waals surface area contributed by atoms with Gasteiger partial charge < -0.3 is 10.6 Å². The molecule has 1 rings (SSSR count). The van der Waals surface area contributed by atoms with Gasteiger partial charge in [0.2, 0.25) is 10.0 Å². The Morgan fingerprint density at radius 2 is 1.85 bits per heavy atom. The van der Waals surface area contributed by atoms with Crippen LogP contribution in [0.3, 0.4) is 0 Å². The molecule has 0 aromatic heterocycles. The third-order valence-corrected chi connectivity index (χ3v) is 5.14. The Bertz CT molecular complexity index is 578. The van der Waals surface area contributed by atoms with Crippen molar-refractivity contribution in [2.75, 3.05) is 40.0 Å². The summed E-state index contributed by atoms with van der Waals surface area (Å²) in [7, 11) is 1.51. The first-order chi connectivity index (χ1) is 9.16. The minimum absolute atomic E-state index is 0.170. The van der Waals surface area contributed by atoms with Crippen LogP contribution in [-0.2, 0) is 10.0 Å². The van der Waals surface area contributed by atoms with E-state index in [9.17, 15) is 12.8 Å². The van der Waals surface area contributed by atoms with Gasteiger partial charge in [-0.05, 0) is 39.2 Å². The van der Waals surface area contributed by atoms with Gasteiger partial charge in [0.25, 0.3) is 0 Å². The van der Waals surface area contributed by atoms with Gasteiger partial charge in [-0.3, -0.25) is 0 Å². The summed E-state index contributed by atoms with van der Waals surface area (Å²) < 4.78 is 39.1. The molecular formula is C12H19ClFN3O2S. The predicted molar refractivity (Wildman–Crippen MR) is 78.8 cm³/mol. The van der Waals surface area contributed by atoms with Gasteiger partial charge >= 0.3 is 0 Å². The number of hydrogen-bond donors (Lipinski definition) is 1. The highest BCUT2D eigenvalue weighted by atomic mass is 35.5. The van der Waals surface area contributed by atoms with E-state index in [0.717, 1.165) is 18.7 Å². The molecule has 0 unspecified atom stereocenters. The fourth-order valence-electron chi connectivity index (χ4n) is 1.64. The first-order valence-corrected chi connectivity index (χ1v) is 7.83. The molecule has 0 amide bonds. The first-order valence-electron chi connectivity index (χ1n) is 6.02. The van der Waals surface area contributed by atoms with Crippen molar-refractivity contribution in [1.82, 2.24) is 9.21 Å². The third kappa shape index (κ3) is 4.05. The van der Waals surface area contributed by atoms with Crippen molar-refractivity contribution in [2.24, 2.45) is 0 Å². The summed E-state index contributed by atoms with van der Waals surface area (Å²) in [6.45, 7) is 1.10. The van der Waals surface area contributed by atoms with Gasteiger partial charge in [0.05, 0.1) is 10.7 Å². The Morgan fingerprint density at radius 1 is 1.25 bits per heavy atom. The van der Waals surface area contributed by atoms with Crippen LogP contribution >= 0.6 is 11.6 Å². The van der Waals surface area contributed by atoms with Crippen LogP contribution in [0.1, 0.15) is 6.42 Å². The normalized spacial score (nSPS) is 12.3. The van der Waals surface area contributed by atoms with E-state index in [1.165, 1.54) is 11.4 Å². The van der Waals surface area contributed by atoms with Crippen molar-refractivity contribution in [2.45, 2.75) is 11.3 Å². The van der Waals surface area contributed by atoms with Crippen LogP contribution in [0.5, 0.6) is 0 Å². The quantitative estimate of drug-likeness (QED) is 0.808. The molecule has 5 nitrogen and oxygen atoms in total. The molecule has 1 aromatic rings. The molecule has 20 heavy (non-hydrogen) atoms. The number of nitrogen functional groups attached to an aromatic ring is 1. The number of anilines is 1. The van der Waals surface area contributed by atoms with Crippen LogP contribution in [0.4, 0.5) is 10.1 Å². The molecule has 0 atom stereocenters. The van der Waals surface area contributed by atoms with Gasteiger partial charge in [-0.15, -0.1) is 0 Å². The summed E-state index contributed by atoms with van der Waals surface area (Å²) in [5, 5.41) is -0.170. The van der Waals surface area contributed by atoms with Gasteiger partial charge in [0.1, 0.15) is 10.7 Å². The molecule has 1 aromatic carbocycles. The maximum Gasteiger partial charge on any atom is 0.244 e. The molecule has 0 spiro atoms. The van der Waals surface area contributed by atoms with E-state index in [-0.39, 0.29) is 15.6 Å². The Kier molecular flexibility index (Phi) is 5.76. The van der Waals surface area contributed by atoms with Gasteiger partial charge in [-0.2, -0.15) is 0 Å². The zero-order chi connectivity index (χ0) is 15.5. The number of benzene rings is 1. The fourth-order valence-corrected chi connectivity index (χ4v) is 3.37. The highest BCUT2D eigenvalue weighted by Crippen LogP contribution is 2.28. The van der Waals surface area contributed by atoms with E-state index in [1.54, 1.807) is 0 Å². The summed E-state index contributed by atoms with van der Waals surface area (Å²) >= 11 is 5.80. The molecule has 0 aliphatic carbocycles. The van der Waals surface area contributed by atoms with Crippen LogP contribution in [0, 0.1) is 5.82 Å². The number of rotatable bonds is 6. The molecule has 0 fully saturated rings. The molecule has 0 saturated carbocycles. The molecule has 0 aliphatic rings. The minimum atomic E-state index is -3.77. The van der Waals surface area contributed by atoms with Crippen molar-refractivity contribution in [1.29, 1.82) is 0 Å². The van der Waals surface area contributed by atoms with Crippen LogP contribution in [0.2, 0.25) is 5.02 Å². The average molecular weight is 324 g/mol. The smallest absolute Gasteiger partial charge is 0.244 e. The molecule has 2 N–H and O–H groups in total. The highest BCUT2D eigenvalue weighted by molar-refractivity contribution is 7.89. The molecule has 8 heteroatoms. The zero-order valence-electron chi connectivity index (χ0n) is 11.7. The number of sulfonamides is 1. The van der Waals surface area contributed by atoms with Crippen LogP contribution in [0.25, 0.3) is 0 Å². The Labute approximate surface area is 124 Å². The number of nitrogens with two attached hydrogens (primary N) is 1. The summed E-state index contributed by atoms with van der Waals surface area (Å²) in [6.07, 6.45) is 0.678. The molecule has 0 saturated heterocycles. The summed E-state index contributed by atoms with van der Waals surface area (Å²) in [6, 6.07) is 1.97. The highest BCUT2D eigenvalue weighted by Gasteiger charge is 2.24. The second-order valence-electron chi connectivity index (χ2n) is 4.79. The van der Waals surface area contributed by atoms with Crippen molar-refractivity contribution in [3.05, 3.63) is 23.0 Å². The average Bonchev–Trinajstić information content (AvgIpc) is 2.32. The second kappa shape index (κ2) is 6.71. The maximum atomic E-state index is 13.2. The van der Waals surface area contributed by atoms with E-state index in [1.807, 2.05) is 19.0 Å². The SMILES string of the molecule is CN(C)CCCN(C)S(=O)(=O)c1cc(N)c(F)cc1Cl. The summed E-state index contributed by atoms with van der Waals surface area (Å²) in [5.41, 5.74) is 5.16. The second-order valence-corrected chi connectivity index (χ2v) is 7.21. The topological polar surface area (TPSA) is 66.6 Å². The molecular weight excluding hydrogens is 305 g/mol. The number of halogens is 2. The van der Waals surface area contributed by atoms with Crippen molar-refractivity contribution in [3.63, 3.8) is 0 Å². The van der Waals surface area contributed by atoms with Gasteiger partial charge in [-0.1, -0.05) is 11.6 Å². The van der Waals surface area contributed by atoms with E-state index in [0.29, 0.717) is 13.0 Å². The van der Waals surface area contributed by atoms with Gasteiger partial charge in [0, 0.05) is 13.6 Å². The van der Waals surface area contributed by atoms with E-state index in [2.05, 4.69) is 0 Å². The Morgan fingerprint density at radius 3 is 2.40 bits per heavy atom. The Balaban J connectivity index is 2.96. The largest absolute Gasteiger partial charge is 0.396 e. The van der Waals surface area contributed by atoms with Gasteiger partial charge in [-0.25, -0.2) is 17.1 Å². The first kappa shape index (κ1) is 17.2. The lowest BCUT2D eigenvalue weighted by atomic mass is 10.3. The van der Waals surface area contributed by atoms with Crippen molar-refractivity contribution >= 4 is 27.3 Å². The lowest BCUT2D eigenvalue weighted by Crippen LogP contribution is -2.30. The van der Waals surface area contributed by atoms with E-state index >= 15 is 0 Å². The lowest BCUT2D eigenvalue weighted by molar-refractivity contribution is 0.370. The number of nitrogens with zero attached hydrogens (tertiary/aromatic N) is 2. The number of hydrogen-bond acceptors (Lipinski definition) is 4. The van der Waals surface area contributed by atoms with Crippen LogP contribution < -0.4 is 5.73 Å². The third-order valence-electron chi connectivity index (χ3n) is 2.82. The summed E-state index contributed by atoms with van der Waals surface area (Å²) in [4.78, 5) is 1.79. The Hall–Kier alpha value is -0.890. The minimum Gasteiger partial charge on any atom is -0.396 e. The van der Waals surface area contributed by atoms with Gasteiger partial charge in [0.15, 0.2) is 0 Å². The molecule has 0 heterocycles. The van der Waals surface area contributed by atoms with Crippen molar-refractivity contribution < 1.29 is 12.8 Å². The monoisotopic (exact) mass is 323 g/mol. The summed E-state index contributed by atoms with van der Waals surface area (Å²) in [5.74, 6) is -0.732. The van der Waals surface area contributed by atoms with Crippen LogP contribution in [0.15, 0.2) is 17.0 Å². The van der Waals surface area contributed by atoms with E-state index in [4.69, 9.17) is 17.3 Å². The zero-order valence-corrected chi connectivity index (χ0v) is 13.3. The predicted octanol–water partition coefficient (Wildman–Crippen LogP) is 1.63. The maximum absolute atomic E-state index is 13.2. The van der Waals surface area contributed by atoms with Crippen LogP contribution in [-0.4, -0.2) is 51.9 Å². The molecule has 0 aliphatic heterocycles. The lowest BCUT2D eigenvalue weighted by Gasteiger charge is -2.19. The fraction of sp³-hybridized carbons (Fsp3) is 0.500.